The van der Waals surface area contributed by atoms with Crippen molar-refractivity contribution in [3.63, 3.8) is 0 Å². The Morgan fingerprint density at radius 1 is 1.25 bits per heavy atom. The molecule has 5 heteroatoms. The van der Waals surface area contributed by atoms with E-state index in [-0.39, 0.29) is 0 Å². The van der Waals surface area contributed by atoms with Crippen molar-refractivity contribution in [1.29, 1.82) is 0 Å². The summed E-state index contributed by atoms with van der Waals surface area (Å²) in [6, 6.07) is 5.46. The standard InChI is InChI=1S/C15H22BClO3/c1-14(2,18)15(3,4)20-16(19)13-8-7-11(17)9-12(13)10-5-6-10/h7-10,18-19H,5-6H2,1-4H3. The summed E-state index contributed by atoms with van der Waals surface area (Å²) >= 11 is 6.04. The van der Waals surface area contributed by atoms with Crippen LogP contribution >= 0.6 is 11.6 Å². The molecule has 1 aromatic rings. The van der Waals surface area contributed by atoms with E-state index < -0.39 is 18.3 Å². The number of aliphatic hydroxyl groups is 1. The van der Waals surface area contributed by atoms with E-state index in [9.17, 15) is 10.1 Å². The minimum atomic E-state index is -1.07. The third-order valence-electron chi connectivity index (χ3n) is 4.21. The molecule has 0 aromatic heterocycles. The molecule has 0 spiro atoms. The molecule has 1 saturated carbocycles. The second-order valence-corrected chi connectivity index (χ2v) is 7.02. The van der Waals surface area contributed by atoms with Crippen molar-refractivity contribution >= 4 is 24.2 Å². The molecule has 0 unspecified atom stereocenters. The maximum absolute atomic E-state index is 10.4. The molecule has 0 radical (unpaired) electrons. The monoisotopic (exact) mass is 296 g/mol. The highest BCUT2D eigenvalue weighted by Gasteiger charge is 2.41. The third-order valence-corrected chi connectivity index (χ3v) is 4.45. The van der Waals surface area contributed by atoms with Crippen molar-refractivity contribution in [2.24, 2.45) is 0 Å². The Morgan fingerprint density at radius 2 is 1.85 bits per heavy atom. The van der Waals surface area contributed by atoms with E-state index >= 15 is 0 Å². The quantitative estimate of drug-likeness (QED) is 0.821. The van der Waals surface area contributed by atoms with Crippen molar-refractivity contribution in [3.8, 4) is 0 Å². The normalized spacial score (nSPS) is 16.4. The van der Waals surface area contributed by atoms with Crippen LogP contribution in [0.2, 0.25) is 5.02 Å². The zero-order chi connectivity index (χ0) is 15.1. The van der Waals surface area contributed by atoms with Gasteiger partial charge in [-0.05, 0) is 69.6 Å². The predicted molar refractivity (Wildman–Crippen MR) is 82.5 cm³/mol. The summed E-state index contributed by atoms with van der Waals surface area (Å²) in [5.41, 5.74) is -0.127. The molecule has 0 aliphatic heterocycles. The zero-order valence-electron chi connectivity index (χ0n) is 12.5. The highest BCUT2D eigenvalue weighted by molar-refractivity contribution is 6.60. The highest BCUT2D eigenvalue weighted by Crippen LogP contribution is 2.40. The maximum atomic E-state index is 10.4. The average molecular weight is 297 g/mol. The first-order valence-electron chi connectivity index (χ1n) is 6.99. The van der Waals surface area contributed by atoms with Gasteiger partial charge in [0.25, 0.3) is 0 Å². The van der Waals surface area contributed by atoms with E-state index in [4.69, 9.17) is 16.3 Å². The van der Waals surface area contributed by atoms with E-state index in [1.165, 1.54) is 0 Å². The van der Waals surface area contributed by atoms with Crippen LogP contribution in [0.1, 0.15) is 52.0 Å². The second kappa shape index (κ2) is 5.34. The summed E-state index contributed by atoms with van der Waals surface area (Å²) in [5, 5.41) is 21.2. The zero-order valence-corrected chi connectivity index (χ0v) is 13.2. The SMILES string of the molecule is CC(C)(O)C(C)(C)OB(O)c1ccc(Cl)cc1C1CC1. The molecule has 1 aliphatic carbocycles. The van der Waals surface area contributed by atoms with Gasteiger partial charge in [-0.15, -0.1) is 0 Å². The first-order valence-corrected chi connectivity index (χ1v) is 7.37. The van der Waals surface area contributed by atoms with Crippen molar-refractivity contribution in [2.45, 2.75) is 57.7 Å². The minimum absolute atomic E-state index is 0.465. The third kappa shape index (κ3) is 3.37. The number of hydrogen-bond acceptors (Lipinski definition) is 3. The Kier molecular flexibility index (Phi) is 4.23. The van der Waals surface area contributed by atoms with E-state index in [2.05, 4.69) is 0 Å². The summed E-state index contributed by atoms with van der Waals surface area (Å²) in [7, 11) is -1.07. The van der Waals surface area contributed by atoms with Gasteiger partial charge in [0.2, 0.25) is 0 Å². The molecule has 110 valence electrons. The van der Waals surface area contributed by atoms with Gasteiger partial charge >= 0.3 is 7.12 Å². The van der Waals surface area contributed by atoms with Gasteiger partial charge in [0, 0.05) is 5.02 Å². The lowest BCUT2D eigenvalue weighted by atomic mass is 9.73. The lowest BCUT2D eigenvalue weighted by Gasteiger charge is -2.38. The number of rotatable bonds is 5. The molecule has 2 N–H and O–H groups in total. The molecule has 2 rings (SSSR count). The molecule has 0 heterocycles. The summed E-state index contributed by atoms with van der Waals surface area (Å²) in [6.07, 6.45) is 2.24. The topological polar surface area (TPSA) is 49.7 Å². The molecular formula is C15H22BClO3. The molecule has 1 aliphatic rings. The van der Waals surface area contributed by atoms with Crippen molar-refractivity contribution < 1.29 is 14.8 Å². The first-order chi connectivity index (χ1) is 9.12. The Labute approximate surface area is 126 Å². The molecule has 0 atom stereocenters. The van der Waals surface area contributed by atoms with Crippen LogP contribution in [0.3, 0.4) is 0 Å². The van der Waals surface area contributed by atoms with Gasteiger partial charge in [0.1, 0.15) is 0 Å². The van der Waals surface area contributed by atoms with Gasteiger partial charge in [-0.2, -0.15) is 0 Å². The Hall–Kier alpha value is -0.545. The van der Waals surface area contributed by atoms with E-state index in [0.717, 1.165) is 23.9 Å². The van der Waals surface area contributed by atoms with Crippen molar-refractivity contribution in [1.82, 2.24) is 0 Å². The fourth-order valence-corrected chi connectivity index (χ4v) is 2.19. The highest BCUT2D eigenvalue weighted by atomic mass is 35.5. The van der Waals surface area contributed by atoms with E-state index in [1.807, 2.05) is 6.07 Å². The van der Waals surface area contributed by atoms with Crippen LogP contribution < -0.4 is 5.46 Å². The maximum Gasteiger partial charge on any atom is 0.491 e. The second-order valence-electron chi connectivity index (χ2n) is 6.59. The molecule has 3 nitrogen and oxygen atoms in total. The van der Waals surface area contributed by atoms with Crippen LogP contribution in [0.15, 0.2) is 18.2 Å². The largest absolute Gasteiger partial charge is 0.491 e. The van der Waals surface area contributed by atoms with Crippen LogP contribution in [0.5, 0.6) is 0 Å². The lowest BCUT2D eigenvalue weighted by molar-refractivity contribution is -0.0982. The minimum Gasteiger partial charge on any atom is -0.423 e. The number of benzene rings is 1. The van der Waals surface area contributed by atoms with Crippen LogP contribution in [0.25, 0.3) is 0 Å². The Balaban J connectivity index is 2.23. The van der Waals surface area contributed by atoms with Gasteiger partial charge < -0.3 is 14.8 Å². The van der Waals surface area contributed by atoms with Crippen molar-refractivity contribution in [2.75, 3.05) is 0 Å². The van der Waals surface area contributed by atoms with Gasteiger partial charge in [0.05, 0.1) is 11.2 Å². The smallest absolute Gasteiger partial charge is 0.423 e. The van der Waals surface area contributed by atoms with Gasteiger partial charge in [-0.3, -0.25) is 0 Å². The van der Waals surface area contributed by atoms with Gasteiger partial charge in [0.15, 0.2) is 0 Å². The first kappa shape index (κ1) is 15.8. The van der Waals surface area contributed by atoms with Crippen LogP contribution in [-0.4, -0.2) is 28.5 Å². The Bertz CT molecular complexity index is 492. The summed E-state index contributed by atoms with van der Waals surface area (Å²) in [4.78, 5) is 0. The average Bonchev–Trinajstić information content (AvgIpc) is 3.09. The molecule has 0 bridgehead atoms. The lowest BCUT2D eigenvalue weighted by Crippen LogP contribution is -2.53. The molecule has 1 fully saturated rings. The molecule has 1 aromatic carbocycles. The predicted octanol–water partition coefficient (Wildman–Crippen LogP) is 2.47. The number of halogens is 1. The molecule has 0 saturated heterocycles. The summed E-state index contributed by atoms with van der Waals surface area (Å²) in [6.45, 7) is 6.87. The van der Waals surface area contributed by atoms with E-state index in [1.54, 1.807) is 39.8 Å². The molecule has 20 heavy (non-hydrogen) atoms. The Morgan fingerprint density at radius 3 is 2.35 bits per heavy atom. The van der Waals surface area contributed by atoms with Crippen LogP contribution in [-0.2, 0) is 4.65 Å². The number of hydrogen-bond donors (Lipinski definition) is 2. The summed E-state index contributed by atoms with van der Waals surface area (Å²) in [5.74, 6) is 0.465. The van der Waals surface area contributed by atoms with Crippen LogP contribution in [0.4, 0.5) is 0 Å². The van der Waals surface area contributed by atoms with Crippen molar-refractivity contribution in [3.05, 3.63) is 28.8 Å². The van der Waals surface area contributed by atoms with E-state index in [0.29, 0.717) is 10.9 Å². The van der Waals surface area contributed by atoms with Gasteiger partial charge in [-0.1, -0.05) is 17.7 Å². The molecule has 0 amide bonds. The van der Waals surface area contributed by atoms with Gasteiger partial charge in [-0.25, -0.2) is 0 Å². The molecular weight excluding hydrogens is 274 g/mol. The fraction of sp³-hybridized carbons (Fsp3) is 0.600. The van der Waals surface area contributed by atoms with Crippen LogP contribution in [0, 0.1) is 0 Å². The fourth-order valence-electron chi connectivity index (χ4n) is 2.01. The summed E-state index contributed by atoms with van der Waals surface area (Å²) < 4.78 is 5.71.